The number of carbonyl (C=O) groups is 1. The van der Waals surface area contributed by atoms with Crippen molar-refractivity contribution in [1.82, 2.24) is 5.32 Å². The second kappa shape index (κ2) is 5.22. The molecule has 1 aliphatic rings. The van der Waals surface area contributed by atoms with Crippen LogP contribution in [0.15, 0.2) is 0 Å². The van der Waals surface area contributed by atoms with Gasteiger partial charge in [0.2, 0.25) is 5.91 Å². The summed E-state index contributed by atoms with van der Waals surface area (Å²) in [6, 6.07) is 0. The Bertz CT molecular complexity index is 273. The summed E-state index contributed by atoms with van der Waals surface area (Å²) in [5, 5.41) is 2.19. The van der Waals surface area contributed by atoms with E-state index in [0.717, 1.165) is 19.3 Å². The lowest BCUT2D eigenvalue weighted by Crippen LogP contribution is -2.62. The highest BCUT2D eigenvalue weighted by Crippen LogP contribution is 2.27. The third kappa shape index (κ3) is 3.57. The van der Waals surface area contributed by atoms with Crippen molar-refractivity contribution in [3.05, 3.63) is 0 Å². The largest absolute Gasteiger partial charge is 0.415 e. The van der Waals surface area contributed by atoms with E-state index in [1.165, 1.54) is 0 Å². The van der Waals surface area contributed by atoms with E-state index >= 15 is 0 Å². The summed E-state index contributed by atoms with van der Waals surface area (Å²) in [4.78, 5) is 11.3. The maximum Gasteiger partial charge on any atom is 0.415 e. The fraction of sp³-hybridized carbons (Fsp3) is 0.900. The molecule has 100 valence electrons. The number of carbonyl (C=O) groups excluding carboxylic acids is 1. The summed E-state index contributed by atoms with van der Waals surface area (Å²) in [6.45, 7) is 1.31. The Balaban J connectivity index is 2.43. The Kier molecular flexibility index (Phi) is 4.37. The van der Waals surface area contributed by atoms with Gasteiger partial charge in [0.05, 0.1) is 6.10 Å². The molecular weight excluding hydrogens is 237 g/mol. The number of nitrogens with two attached hydrogens (primary N) is 1. The smallest absolute Gasteiger partial charge is 0.376 e. The number of hydrogen-bond donors (Lipinski definition) is 2. The third-order valence-corrected chi connectivity index (χ3v) is 2.82. The van der Waals surface area contributed by atoms with Crippen LogP contribution < -0.4 is 11.1 Å². The van der Waals surface area contributed by atoms with Gasteiger partial charge in [0.1, 0.15) is 0 Å². The second-order valence-electron chi connectivity index (χ2n) is 4.40. The van der Waals surface area contributed by atoms with Crippen LogP contribution in [0.3, 0.4) is 0 Å². The van der Waals surface area contributed by atoms with Crippen LogP contribution in [0.1, 0.15) is 26.2 Å². The average Bonchev–Trinajstić information content (AvgIpc) is 2.25. The van der Waals surface area contributed by atoms with Crippen molar-refractivity contribution >= 4 is 5.91 Å². The third-order valence-electron chi connectivity index (χ3n) is 2.82. The van der Waals surface area contributed by atoms with Gasteiger partial charge in [-0.3, -0.25) is 4.79 Å². The summed E-state index contributed by atoms with van der Waals surface area (Å²) in [5.41, 5.74) is 2.12. The number of hydrogen-bond acceptors (Lipinski definition) is 3. The van der Waals surface area contributed by atoms with Crippen molar-refractivity contribution in [2.75, 3.05) is 13.2 Å². The Morgan fingerprint density at radius 2 is 2.12 bits per heavy atom. The van der Waals surface area contributed by atoms with Crippen molar-refractivity contribution in [2.45, 2.75) is 44.0 Å². The molecule has 0 aromatic rings. The van der Waals surface area contributed by atoms with Crippen molar-refractivity contribution in [1.29, 1.82) is 0 Å². The van der Waals surface area contributed by atoms with Crippen LogP contribution in [-0.2, 0) is 9.53 Å². The minimum Gasteiger partial charge on any atom is -0.376 e. The van der Waals surface area contributed by atoms with E-state index in [9.17, 15) is 18.0 Å². The van der Waals surface area contributed by atoms with Gasteiger partial charge in [-0.05, 0) is 26.2 Å². The summed E-state index contributed by atoms with van der Waals surface area (Å²) in [7, 11) is 0. The lowest BCUT2D eigenvalue weighted by Gasteiger charge is -2.28. The maximum absolute atomic E-state index is 12.4. The first-order chi connectivity index (χ1) is 7.75. The molecule has 0 radical (unpaired) electrons. The van der Waals surface area contributed by atoms with Gasteiger partial charge < -0.3 is 15.8 Å². The van der Waals surface area contributed by atoms with Gasteiger partial charge in [0, 0.05) is 13.2 Å². The highest BCUT2D eigenvalue weighted by Gasteiger charge is 2.53. The molecule has 0 bridgehead atoms. The van der Waals surface area contributed by atoms with Crippen molar-refractivity contribution in [3.8, 4) is 0 Å². The number of alkyl halides is 3. The highest BCUT2D eigenvalue weighted by atomic mass is 19.4. The summed E-state index contributed by atoms with van der Waals surface area (Å²) < 4.78 is 42.6. The lowest BCUT2D eigenvalue weighted by atomic mass is 10.0. The molecule has 7 heteroatoms. The second-order valence-corrected chi connectivity index (χ2v) is 4.40. The molecule has 2 unspecified atom stereocenters. The van der Waals surface area contributed by atoms with E-state index in [-0.39, 0.29) is 12.6 Å². The molecule has 0 aromatic heterocycles. The van der Waals surface area contributed by atoms with Gasteiger partial charge in [-0.1, -0.05) is 0 Å². The standard InChI is InChI=1S/C10H17F3N2O2/c1-9(14,10(11,12)13)8(16)15-6-7-4-2-3-5-17-7/h7H,2-6,14H2,1H3,(H,15,16). The fourth-order valence-corrected chi connectivity index (χ4v) is 1.49. The number of amides is 1. The zero-order valence-corrected chi connectivity index (χ0v) is 9.64. The van der Waals surface area contributed by atoms with E-state index in [4.69, 9.17) is 10.5 Å². The van der Waals surface area contributed by atoms with Crippen LogP contribution in [0.2, 0.25) is 0 Å². The topological polar surface area (TPSA) is 64.4 Å². The molecule has 3 N–H and O–H groups in total. The first-order valence-corrected chi connectivity index (χ1v) is 5.50. The molecule has 1 rings (SSSR count). The molecule has 0 aliphatic carbocycles. The van der Waals surface area contributed by atoms with Crippen LogP contribution in [0.5, 0.6) is 0 Å². The minimum absolute atomic E-state index is 0.0711. The van der Waals surface area contributed by atoms with E-state index < -0.39 is 17.6 Å². The highest BCUT2D eigenvalue weighted by molar-refractivity contribution is 5.86. The van der Waals surface area contributed by atoms with Crippen molar-refractivity contribution < 1.29 is 22.7 Å². The molecular formula is C10H17F3N2O2. The molecule has 2 atom stereocenters. The fourth-order valence-electron chi connectivity index (χ4n) is 1.49. The maximum atomic E-state index is 12.4. The first kappa shape index (κ1) is 14.2. The summed E-state index contributed by atoms with van der Waals surface area (Å²) in [5.74, 6) is -1.22. The normalized spacial score (nSPS) is 25.1. The van der Waals surface area contributed by atoms with Crippen LogP contribution in [-0.4, -0.2) is 36.9 Å². The van der Waals surface area contributed by atoms with Crippen LogP contribution >= 0.6 is 0 Å². The zero-order chi connectivity index (χ0) is 13.1. The first-order valence-electron chi connectivity index (χ1n) is 5.50. The van der Waals surface area contributed by atoms with Crippen LogP contribution in [0.25, 0.3) is 0 Å². The van der Waals surface area contributed by atoms with E-state index in [1.807, 2.05) is 0 Å². The number of halogens is 3. The van der Waals surface area contributed by atoms with Gasteiger partial charge in [0.15, 0.2) is 5.54 Å². The van der Waals surface area contributed by atoms with Crippen molar-refractivity contribution in [2.24, 2.45) is 5.73 Å². The Morgan fingerprint density at radius 3 is 2.59 bits per heavy atom. The zero-order valence-electron chi connectivity index (χ0n) is 9.64. The molecule has 0 spiro atoms. The van der Waals surface area contributed by atoms with E-state index in [2.05, 4.69) is 5.32 Å². The summed E-state index contributed by atoms with van der Waals surface area (Å²) >= 11 is 0. The predicted molar refractivity (Wildman–Crippen MR) is 55.2 cm³/mol. The van der Waals surface area contributed by atoms with E-state index in [1.54, 1.807) is 0 Å². The molecule has 1 fully saturated rings. The Morgan fingerprint density at radius 1 is 1.47 bits per heavy atom. The number of rotatable bonds is 3. The molecule has 1 amide bonds. The molecule has 0 aromatic carbocycles. The predicted octanol–water partition coefficient (Wildman–Crippen LogP) is 0.951. The molecule has 1 aliphatic heterocycles. The van der Waals surface area contributed by atoms with E-state index in [0.29, 0.717) is 13.5 Å². The number of ether oxygens (including phenoxy) is 1. The van der Waals surface area contributed by atoms with Crippen molar-refractivity contribution in [3.63, 3.8) is 0 Å². The lowest BCUT2D eigenvalue weighted by molar-refractivity contribution is -0.187. The number of nitrogens with one attached hydrogen (secondary N) is 1. The quantitative estimate of drug-likeness (QED) is 0.788. The Labute approximate surface area is 97.7 Å². The summed E-state index contributed by atoms with van der Waals surface area (Å²) in [6.07, 6.45) is -2.32. The molecule has 0 saturated carbocycles. The van der Waals surface area contributed by atoms with Gasteiger partial charge >= 0.3 is 6.18 Å². The van der Waals surface area contributed by atoms with Gasteiger partial charge in [0.25, 0.3) is 0 Å². The van der Waals surface area contributed by atoms with Gasteiger partial charge in [-0.25, -0.2) is 0 Å². The molecule has 4 nitrogen and oxygen atoms in total. The molecule has 1 saturated heterocycles. The molecule has 17 heavy (non-hydrogen) atoms. The Hall–Kier alpha value is -0.820. The SMILES string of the molecule is CC(N)(C(=O)NCC1CCCCO1)C(F)(F)F. The van der Waals surface area contributed by atoms with Gasteiger partial charge in [-0.15, -0.1) is 0 Å². The average molecular weight is 254 g/mol. The molecule has 1 heterocycles. The van der Waals surface area contributed by atoms with Gasteiger partial charge in [-0.2, -0.15) is 13.2 Å². The van der Waals surface area contributed by atoms with Crippen LogP contribution in [0, 0.1) is 0 Å². The minimum atomic E-state index is -4.76. The van der Waals surface area contributed by atoms with Crippen LogP contribution in [0.4, 0.5) is 13.2 Å². The monoisotopic (exact) mass is 254 g/mol.